The van der Waals surface area contributed by atoms with Crippen LogP contribution in [0.4, 0.5) is 10.1 Å². The number of ether oxygens (including phenoxy) is 2. The third kappa shape index (κ3) is 3.54. The Hall–Kier alpha value is -3.39. The number of nitrogens with zero attached hydrogens (tertiary/aromatic N) is 2. The van der Waals surface area contributed by atoms with E-state index < -0.39 is 0 Å². The zero-order valence-electron chi connectivity index (χ0n) is 16.0. The summed E-state index contributed by atoms with van der Waals surface area (Å²) in [6, 6.07) is 13.1. The van der Waals surface area contributed by atoms with Gasteiger partial charge >= 0.3 is 0 Å². The van der Waals surface area contributed by atoms with Crippen molar-refractivity contribution >= 4 is 33.1 Å². The average Bonchev–Trinajstić information content (AvgIpc) is 3.30. The number of carbonyl (C=O) groups excluding carboxylic acids is 1. The maximum absolute atomic E-state index is 13.1. The zero-order valence-corrected chi connectivity index (χ0v) is 16.8. The van der Waals surface area contributed by atoms with E-state index in [1.807, 2.05) is 31.3 Å². The number of thiophene rings is 1. The molecule has 2 aromatic heterocycles. The molecule has 0 aliphatic rings. The van der Waals surface area contributed by atoms with Crippen molar-refractivity contribution in [2.45, 2.75) is 0 Å². The van der Waals surface area contributed by atoms with E-state index >= 15 is 0 Å². The van der Waals surface area contributed by atoms with Crippen LogP contribution < -0.4 is 14.8 Å². The van der Waals surface area contributed by atoms with E-state index in [4.69, 9.17) is 9.47 Å². The van der Waals surface area contributed by atoms with Gasteiger partial charge in [0, 0.05) is 23.7 Å². The van der Waals surface area contributed by atoms with Crippen LogP contribution in [-0.2, 0) is 7.05 Å². The largest absolute Gasteiger partial charge is 0.493 e. The summed E-state index contributed by atoms with van der Waals surface area (Å²) in [6.45, 7) is 0. The first-order valence-electron chi connectivity index (χ1n) is 8.76. The van der Waals surface area contributed by atoms with Gasteiger partial charge in [0.2, 0.25) is 0 Å². The number of fused-ring (bicyclic) bond motifs is 1. The minimum absolute atomic E-state index is 0.254. The molecule has 4 aromatic rings. The molecule has 2 heterocycles. The van der Waals surface area contributed by atoms with Crippen LogP contribution in [-0.4, -0.2) is 29.9 Å². The van der Waals surface area contributed by atoms with Crippen molar-refractivity contribution < 1.29 is 18.7 Å². The van der Waals surface area contributed by atoms with E-state index in [-0.39, 0.29) is 11.7 Å². The Bertz CT molecular complexity index is 1200. The van der Waals surface area contributed by atoms with Crippen LogP contribution in [0.25, 0.3) is 21.5 Å². The van der Waals surface area contributed by atoms with Crippen molar-refractivity contribution in [3.63, 3.8) is 0 Å². The number of aromatic nitrogens is 2. The lowest BCUT2D eigenvalue weighted by atomic mass is 10.1. The van der Waals surface area contributed by atoms with Gasteiger partial charge in [-0.15, -0.1) is 11.3 Å². The lowest BCUT2D eigenvalue weighted by Gasteiger charge is -2.08. The number of hydrogen-bond acceptors (Lipinski definition) is 5. The van der Waals surface area contributed by atoms with Gasteiger partial charge in [-0.05, 0) is 48.5 Å². The van der Waals surface area contributed by atoms with Crippen LogP contribution in [0.1, 0.15) is 9.67 Å². The Labute approximate surface area is 170 Å². The van der Waals surface area contributed by atoms with Gasteiger partial charge in [0.1, 0.15) is 16.3 Å². The topological polar surface area (TPSA) is 65.4 Å². The molecule has 6 nitrogen and oxygen atoms in total. The summed E-state index contributed by atoms with van der Waals surface area (Å²) in [5.41, 5.74) is 2.14. The van der Waals surface area contributed by atoms with Gasteiger partial charge in [-0.1, -0.05) is 0 Å². The molecule has 0 radical (unpaired) electrons. The third-order valence-corrected chi connectivity index (χ3v) is 5.70. The van der Waals surface area contributed by atoms with Crippen LogP contribution in [0.5, 0.6) is 11.5 Å². The van der Waals surface area contributed by atoms with Crippen molar-refractivity contribution in [3.8, 4) is 22.8 Å². The van der Waals surface area contributed by atoms with Gasteiger partial charge in [0.15, 0.2) is 11.5 Å². The molecule has 0 fully saturated rings. The number of amides is 1. The predicted octanol–water partition coefficient (Wildman–Crippen LogP) is 4.71. The SMILES string of the molecule is COc1ccc(-c2nn(C)c3sc(C(=O)Nc4ccc(F)cc4)cc23)cc1OC. The zero-order chi connectivity index (χ0) is 20.5. The van der Waals surface area contributed by atoms with Gasteiger partial charge in [-0.2, -0.15) is 5.10 Å². The monoisotopic (exact) mass is 411 g/mol. The Morgan fingerprint density at radius 2 is 1.79 bits per heavy atom. The van der Waals surface area contributed by atoms with Crippen molar-refractivity contribution in [1.29, 1.82) is 0 Å². The normalized spacial score (nSPS) is 10.9. The van der Waals surface area contributed by atoms with Gasteiger partial charge in [0.25, 0.3) is 5.91 Å². The number of benzene rings is 2. The number of methoxy groups -OCH3 is 2. The highest BCUT2D eigenvalue weighted by atomic mass is 32.1. The number of halogens is 1. The lowest BCUT2D eigenvalue weighted by Crippen LogP contribution is -2.10. The second kappa shape index (κ2) is 7.56. The van der Waals surface area contributed by atoms with E-state index in [2.05, 4.69) is 10.4 Å². The van der Waals surface area contributed by atoms with Crippen molar-refractivity contribution in [3.05, 3.63) is 59.2 Å². The van der Waals surface area contributed by atoms with Gasteiger partial charge in [0.05, 0.1) is 19.1 Å². The Morgan fingerprint density at radius 3 is 2.48 bits per heavy atom. The van der Waals surface area contributed by atoms with Crippen molar-refractivity contribution in [2.75, 3.05) is 19.5 Å². The number of carbonyl (C=O) groups is 1. The number of nitrogens with one attached hydrogen (secondary N) is 1. The molecule has 0 saturated heterocycles. The molecule has 0 saturated carbocycles. The van der Waals surface area contributed by atoms with E-state index in [0.29, 0.717) is 22.1 Å². The van der Waals surface area contributed by atoms with E-state index in [1.165, 1.54) is 35.6 Å². The molecular formula is C21H18FN3O3S. The number of anilines is 1. The fourth-order valence-corrected chi connectivity index (χ4v) is 4.04. The van der Waals surface area contributed by atoms with Gasteiger partial charge in [-0.3, -0.25) is 9.48 Å². The summed E-state index contributed by atoms with van der Waals surface area (Å²) in [5, 5.41) is 8.26. The molecule has 29 heavy (non-hydrogen) atoms. The molecule has 1 amide bonds. The van der Waals surface area contributed by atoms with Crippen molar-refractivity contribution in [1.82, 2.24) is 9.78 Å². The van der Waals surface area contributed by atoms with E-state index in [1.54, 1.807) is 18.9 Å². The second-order valence-electron chi connectivity index (χ2n) is 6.33. The first kappa shape index (κ1) is 18.9. The van der Waals surface area contributed by atoms with Crippen LogP contribution in [0, 0.1) is 5.82 Å². The van der Waals surface area contributed by atoms with Crippen LogP contribution >= 0.6 is 11.3 Å². The number of aryl methyl sites for hydroxylation is 1. The molecule has 2 aromatic carbocycles. The van der Waals surface area contributed by atoms with E-state index in [0.717, 1.165) is 21.5 Å². The van der Waals surface area contributed by atoms with Crippen LogP contribution in [0.15, 0.2) is 48.5 Å². The standard InChI is InChI=1S/C21H18FN3O3S/c1-25-21-15(19(24-25)12-4-9-16(27-2)17(10-12)28-3)11-18(29-21)20(26)23-14-7-5-13(22)6-8-14/h4-11H,1-3H3,(H,23,26). The molecule has 0 spiro atoms. The fraction of sp³-hybridized carbons (Fsp3) is 0.143. The predicted molar refractivity (Wildman–Crippen MR) is 111 cm³/mol. The molecule has 4 rings (SSSR count). The fourth-order valence-electron chi connectivity index (χ4n) is 3.08. The van der Waals surface area contributed by atoms with E-state index in [9.17, 15) is 9.18 Å². The summed E-state index contributed by atoms with van der Waals surface area (Å²) in [4.78, 5) is 14.1. The van der Waals surface area contributed by atoms with Crippen molar-refractivity contribution in [2.24, 2.45) is 7.05 Å². The molecule has 0 aliphatic carbocycles. The highest BCUT2D eigenvalue weighted by Crippen LogP contribution is 2.37. The molecule has 0 atom stereocenters. The summed E-state index contributed by atoms with van der Waals surface area (Å²) in [5.74, 6) is 0.632. The second-order valence-corrected chi connectivity index (χ2v) is 7.36. The quantitative estimate of drug-likeness (QED) is 0.517. The highest BCUT2D eigenvalue weighted by molar-refractivity contribution is 7.20. The Morgan fingerprint density at radius 1 is 1.07 bits per heavy atom. The van der Waals surface area contributed by atoms with Crippen LogP contribution in [0.2, 0.25) is 0 Å². The first-order valence-corrected chi connectivity index (χ1v) is 9.57. The third-order valence-electron chi connectivity index (χ3n) is 4.49. The first-order chi connectivity index (χ1) is 14.0. The highest BCUT2D eigenvalue weighted by Gasteiger charge is 2.19. The maximum Gasteiger partial charge on any atom is 0.265 e. The minimum Gasteiger partial charge on any atom is -0.493 e. The summed E-state index contributed by atoms with van der Waals surface area (Å²) < 4.78 is 25.5. The molecule has 1 N–H and O–H groups in total. The van der Waals surface area contributed by atoms with Gasteiger partial charge < -0.3 is 14.8 Å². The Kier molecular flexibility index (Phi) is 4.94. The lowest BCUT2D eigenvalue weighted by molar-refractivity contribution is 0.103. The molecule has 148 valence electrons. The molecule has 0 unspecified atom stereocenters. The minimum atomic E-state index is -0.351. The molecule has 0 aliphatic heterocycles. The van der Waals surface area contributed by atoms with Gasteiger partial charge in [-0.25, -0.2) is 4.39 Å². The Balaban J connectivity index is 1.70. The smallest absolute Gasteiger partial charge is 0.265 e. The molecule has 0 bridgehead atoms. The maximum atomic E-state index is 13.1. The summed E-state index contributed by atoms with van der Waals surface area (Å²) in [7, 11) is 5.00. The summed E-state index contributed by atoms with van der Waals surface area (Å²) in [6.07, 6.45) is 0. The molecule has 8 heteroatoms. The summed E-state index contributed by atoms with van der Waals surface area (Å²) >= 11 is 1.35. The molecular weight excluding hydrogens is 393 g/mol. The average molecular weight is 411 g/mol. The number of rotatable bonds is 5. The number of hydrogen-bond donors (Lipinski definition) is 1. The van der Waals surface area contributed by atoms with Crippen LogP contribution in [0.3, 0.4) is 0 Å².